The van der Waals surface area contributed by atoms with Gasteiger partial charge in [0.05, 0.1) is 12.8 Å². The average molecular weight is 485 g/mol. The molecule has 0 fully saturated rings. The van der Waals surface area contributed by atoms with Crippen LogP contribution in [0.4, 0.5) is 5.69 Å². The number of nitrogens with one attached hydrogen (secondary N) is 1. The third kappa shape index (κ3) is 5.02. The van der Waals surface area contributed by atoms with Crippen molar-refractivity contribution in [2.45, 2.75) is 32.6 Å². The van der Waals surface area contributed by atoms with Gasteiger partial charge in [0.2, 0.25) is 6.79 Å². The molecule has 1 amide bonds. The number of unbranched alkanes of at least 4 members (excludes halogenated alkanes) is 2. The van der Waals surface area contributed by atoms with E-state index in [4.69, 9.17) is 14.2 Å². The topological polar surface area (TPSA) is 87.5 Å². The number of amides is 1. The van der Waals surface area contributed by atoms with Gasteiger partial charge in [0, 0.05) is 16.8 Å². The molecule has 1 aliphatic rings. The fourth-order valence-corrected chi connectivity index (χ4v) is 4.07. The smallest absolute Gasteiger partial charge is 0.336 e. The molecule has 0 saturated carbocycles. The van der Waals surface area contributed by atoms with Crippen molar-refractivity contribution in [3.63, 3.8) is 0 Å². The first-order chi connectivity index (χ1) is 17.6. The van der Waals surface area contributed by atoms with E-state index < -0.39 is 0 Å². The number of anilines is 1. The Kier molecular flexibility index (Phi) is 6.84. The zero-order valence-corrected chi connectivity index (χ0v) is 20.4. The number of fused-ring (bicyclic) bond motifs is 1. The van der Waals surface area contributed by atoms with Gasteiger partial charge in [-0.25, -0.2) is 4.68 Å². The molecule has 0 radical (unpaired) electrons. The molecule has 0 saturated heterocycles. The Morgan fingerprint density at radius 1 is 1.00 bits per heavy atom. The van der Waals surface area contributed by atoms with Crippen molar-refractivity contribution in [3.8, 4) is 34.6 Å². The zero-order chi connectivity index (χ0) is 24.9. The van der Waals surface area contributed by atoms with E-state index in [1.54, 1.807) is 4.68 Å². The van der Waals surface area contributed by atoms with Crippen molar-refractivity contribution in [1.82, 2.24) is 14.8 Å². The molecule has 5 rings (SSSR count). The maximum Gasteiger partial charge on any atom is 0.336 e. The third-order valence-corrected chi connectivity index (χ3v) is 6.06. The highest BCUT2D eigenvalue weighted by Gasteiger charge is 2.19. The van der Waals surface area contributed by atoms with Crippen molar-refractivity contribution in [1.29, 1.82) is 0 Å². The van der Waals surface area contributed by atoms with Crippen molar-refractivity contribution >= 4 is 11.6 Å². The van der Waals surface area contributed by atoms with Crippen LogP contribution < -0.4 is 19.5 Å². The van der Waals surface area contributed by atoms with Crippen LogP contribution in [0, 0.1) is 0 Å². The molecule has 36 heavy (non-hydrogen) atoms. The van der Waals surface area contributed by atoms with Gasteiger partial charge in [-0.05, 0) is 73.0 Å². The summed E-state index contributed by atoms with van der Waals surface area (Å²) >= 11 is 0. The third-order valence-electron chi connectivity index (χ3n) is 6.06. The van der Waals surface area contributed by atoms with Crippen LogP contribution in [0.2, 0.25) is 0 Å². The molecule has 1 N–H and O–H groups in total. The predicted molar refractivity (Wildman–Crippen MR) is 137 cm³/mol. The molecular formula is C28H28N4O4. The first-order valence-electron chi connectivity index (χ1n) is 12.1. The summed E-state index contributed by atoms with van der Waals surface area (Å²) in [7, 11) is 1.53. The van der Waals surface area contributed by atoms with E-state index in [1.807, 2.05) is 66.7 Å². The number of hydrogen-bond acceptors (Lipinski definition) is 6. The van der Waals surface area contributed by atoms with Crippen molar-refractivity contribution in [2.75, 3.05) is 19.2 Å². The molecule has 3 aromatic carbocycles. The number of hydrogen-bond donors (Lipinski definition) is 1. The fourth-order valence-electron chi connectivity index (χ4n) is 4.07. The number of benzene rings is 3. The minimum absolute atomic E-state index is 0.147. The van der Waals surface area contributed by atoms with Gasteiger partial charge in [-0.3, -0.25) is 4.79 Å². The molecule has 0 atom stereocenters. The number of rotatable bonds is 9. The number of methoxy groups -OCH3 is 1. The molecule has 8 heteroatoms. The minimum Gasteiger partial charge on any atom is -0.466 e. The highest BCUT2D eigenvalue weighted by Crippen LogP contribution is 2.36. The first kappa shape index (κ1) is 23.4. The number of carbonyl (C=O) groups is 1. The number of aryl methyl sites for hydroxylation is 1. The second-order valence-electron chi connectivity index (χ2n) is 8.56. The summed E-state index contributed by atoms with van der Waals surface area (Å²) in [6.07, 6.45) is 4.63. The van der Waals surface area contributed by atoms with Crippen LogP contribution in [-0.4, -0.2) is 34.6 Å². The Morgan fingerprint density at radius 2 is 1.78 bits per heavy atom. The van der Waals surface area contributed by atoms with Crippen LogP contribution in [0.5, 0.6) is 17.5 Å². The van der Waals surface area contributed by atoms with E-state index in [-0.39, 0.29) is 18.7 Å². The zero-order valence-electron chi connectivity index (χ0n) is 20.4. The first-order valence-corrected chi connectivity index (χ1v) is 12.1. The van der Waals surface area contributed by atoms with E-state index in [0.717, 1.165) is 17.7 Å². The highest BCUT2D eigenvalue weighted by atomic mass is 16.7. The average Bonchev–Trinajstić information content (AvgIpc) is 3.56. The Bertz CT molecular complexity index is 1350. The van der Waals surface area contributed by atoms with Crippen molar-refractivity contribution < 1.29 is 19.0 Å². The Balaban J connectivity index is 1.31. The summed E-state index contributed by atoms with van der Waals surface area (Å²) < 4.78 is 17.9. The molecule has 1 aliphatic heterocycles. The lowest BCUT2D eigenvalue weighted by Gasteiger charge is -2.09. The van der Waals surface area contributed by atoms with E-state index >= 15 is 0 Å². The lowest BCUT2D eigenvalue weighted by Crippen LogP contribution is -2.12. The van der Waals surface area contributed by atoms with Gasteiger partial charge in [-0.2, -0.15) is 4.98 Å². The SMILES string of the molecule is CCCCCc1ccc(C(=O)Nc2ccc(-n3nc(OC)nc3-c3ccc4c(c3)OCO4)cc2)cc1. The number of nitrogens with zero attached hydrogens (tertiary/aromatic N) is 3. The van der Waals surface area contributed by atoms with Gasteiger partial charge in [0.1, 0.15) is 0 Å². The Morgan fingerprint density at radius 3 is 2.53 bits per heavy atom. The molecule has 0 unspecified atom stereocenters. The molecule has 0 spiro atoms. The molecule has 4 aromatic rings. The van der Waals surface area contributed by atoms with Crippen LogP contribution >= 0.6 is 0 Å². The van der Waals surface area contributed by atoms with Gasteiger partial charge in [0.25, 0.3) is 5.91 Å². The molecule has 1 aromatic heterocycles. The summed E-state index contributed by atoms with van der Waals surface area (Å²) in [6.45, 7) is 2.39. The minimum atomic E-state index is -0.147. The summed E-state index contributed by atoms with van der Waals surface area (Å²) in [5, 5.41) is 7.43. The fraction of sp³-hybridized carbons (Fsp3) is 0.250. The summed E-state index contributed by atoms with van der Waals surface area (Å²) in [5.41, 5.74) is 4.15. The van der Waals surface area contributed by atoms with Crippen molar-refractivity contribution in [3.05, 3.63) is 77.9 Å². The van der Waals surface area contributed by atoms with Gasteiger partial charge in [-0.15, -0.1) is 5.10 Å². The second kappa shape index (κ2) is 10.5. The largest absolute Gasteiger partial charge is 0.466 e. The molecule has 184 valence electrons. The van der Waals surface area contributed by atoms with E-state index in [1.165, 1.54) is 31.9 Å². The highest BCUT2D eigenvalue weighted by molar-refractivity contribution is 6.04. The van der Waals surface area contributed by atoms with Crippen molar-refractivity contribution in [2.24, 2.45) is 0 Å². The normalized spacial score (nSPS) is 11.9. The van der Waals surface area contributed by atoms with Crippen LogP contribution in [0.1, 0.15) is 42.1 Å². The summed E-state index contributed by atoms with van der Waals surface area (Å²) in [6, 6.07) is 21.1. The Labute approximate surface area is 209 Å². The second-order valence-corrected chi connectivity index (χ2v) is 8.56. The maximum absolute atomic E-state index is 12.7. The summed E-state index contributed by atoms with van der Waals surface area (Å²) in [5.74, 6) is 1.81. The molecule has 8 nitrogen and oxygen atoms in total. The van der Waals surface area contributed by atoms with Crippen LogP contribution in [0.15, 0.2) is 66.7 Å². The lowest BCUT2D eigenvalue weighted by atomic mass is 10.1. The van der Waals surface area contributed by atoms with E-state index in [9.17, 15) is 4.79 Å². The van der Waals surface area contributed by atoms with E-state index in [0.29, 0.717) is 28.6 Å². The standard InChI is InChI=1S/C28H28N4O4/c1-3-4-5-6-19-7-9-20(10-8-19)27(33)29-22-12-14-23(15-13-22)32-26(30-28(31-32)34-2)21-11-16-24-25(17-21)36-18-35-24/h7-17H,3-6,18H2,1-2H3,(H,29,33). The lowest BCUT2D eigenvalue weighted by molar-refractivity contribution is 0.102. The summed E-state index contributed by atoms with van der Waals surface area (Å²) in [4.78, 5) is 17.2. The van der Waals surface area contributed by atoms with Gasteiger partial charge < -0.3 is 19.5 Å². The molecule has 2 heterocycles. The molecular weight excluding hydrogens is 456 g/mol. The quantitative estimate of drug-likeness (QED) is 0.309. The number of ether oxygens (including phenoxy) is 3. The maximum atomic E-state index is 12.7. The molecule has 0 bridgehead atoms. The number of carbonyl (C=O) groups excluding carboxylic acids is 1. The van der Waals surface area contributed by atoms with Gasteiger partial charge in [0.15, 0.2) is 17.3 Å². The predicted octanol–water partition coefficient (Wildman–Crippen LogP) is 5.66. The van der Waals surface area contributed by atoms with Crippen LogP contribution in [0.3, 0.4) is 0 Å². The van der Waals surface area contributed by atoms with E-state index in [2.05, 4.69) is 22.3 Å². The monoisotopic (exact) mass is 484 g/mol. The van der Waals surface area contributed by atoms with Gasteiger partial charge in [-0.1, -0.05) is 31.9 Å². The molecule has 0 aliphatic carbocycles. The van der Waals surface area contributed by atoms with Crippen LogP contribution in [0.25, 0.3) is 17.1 Å². The number of aromatic nitrogens is 3. The Hall–Kier alpha value is -4.33. The van der Waals surface area contributed by atoms with Crippen LogP contribution in [-0.2, 0) is 6.42 Å². The van der Waals surface area contributed by atoms with Gasteiger partial charge >= 0.3 is 6.01 Å².